The van der Waals surface area contributed by atoms with Gasteiger partial charge in [-0.15, -0.1) is 11.3 Å². The van der Waals surface area contributed by atoms with Gasteiger partial charge in [0.1, 0.15) is 17.7 Å². The molecule has 3 rings (SSSR count). The third-order valence-electron chi connectivity index (χ3n) is 4.19. The van der Waals surface area contributed by atoms with Crippen molar-refractivity contribution in [3.8, 4) is 0 Å². The van der Waals surface area contributed by atoms with Crippen LogP contribution in [0.1, 0.15) is 25.6 Å². The zero-order valence-electron chi connectivity index (χ0n) is 15.6. The molecule has 8 heteroatoms. The summed E-state index contributed by atoms with van der Waals surface area (Å²) in [7, 11) is 0. The summed E-state index contributed by atoms with van der Waals surface area (Å²) in [6.07, 6.45) is 0.138. The molecule has 0 radical (unpaired) electrons. The van der Waals surface area contributed by atoms with Crippen molar-refractivity contribution in [3.63, 3.8) is 0 Å². The summed E-state index contributed by atoms with van der Waals surface area (Å²) in [6, 6.07) is 13.7. The quantitative estimate of drug-likeness (QED) is 0.437. The Morgan fingerprint density at radius 1 is 1.00 bits per heavy atom. The molecule has 0 spiro atoms. The lowest BCUT2D eigenvalue weighted by molar-refractivity contribution is -0.144. The number of benzene rings is 2. The van der Waals surface area contributed by atoms with Gasteiger partial charge in [-0.3, -0.25) is 9.59 Å². The molecule has 1 amide bonds. The van der Waals surface area contributed by atoms with Gasteiger partial charge in [-0.1, -0.05) is 36.4 Å². The van der Waals surface area contributed by atoms with Crippen LogP contribution in [-0.2, 0) is 16.0 Å². The molecule has 5 nitrogen and oxygen atoms in total. The molecule has 1 atom stereocenters. The van der Waals surface area contributed by atoms with E-state index in [1.165, 1.54) is 11.3 Å². The molecule has 1 N–H and O–H groups in total. The average Bonchev–Trinajstić information content (AvgIpc) is 3.29. The van der Waals surface area contributed by atoms with Gasteiger partial charge in [-0.2, -0.15) is 0 Å². The maximum Gasteiger partial charge on any atom is 0.329 e. The molecule has 30 heavy (non-hydrogen) atoms. The zero-order valence-corrected chi connectivity index (χ0v) is 16.5. The van der Waals surface area contributed by atoms with Crippen LogP contribution in [0.3, 0.4) is 0 Å². The molecular formula is C22H17F2NO4S. The summed E-state index contributed by atoms with van der Waals surface area (Å²) in [4.78, 5) is 37.5. The van der Waals surface area contributed by atoms with Crippen molar-refractivity contribution >= 4 is 29.0 Å². The Kier molecular flexibility index (Phi) is 7.03. The number of rotatable bonds is 8. The number of carbonyl (C=O) groups excluding carboxylic acids is 3. The second-order valence-corrected chi connectivity index (χ2v) is 7.30. The number of ketones is 1. The van der Waals surface area contributed by atoms with E-state index in [0.717, 1.165) is 23.8 Å². The molecule has 0 fully saturated rings. The normalized spacial score (nSPS) is 11.5. The number of hydrogen-bond acceptors (Lipinski definition) is 5. The number of halogens is 2. The number of ether oxygens (including phenoxy) is 1. The number of esters is 1. The summed E-state index contributed by atoms with van der Waals surface area (Å²) in [5.41, 5.74) is 0.262. The van der Waals surface area contributed by atoms with Crippen LogP contribution in [0.2, 0.25) is 0 Å². The van der Waals surface area contributed by atoms with Crippen molar-refractivity contribution in [1.82, 2.24) is 5.32 Å². The Morgan fingerprint density at radius 2 is 1.77 bits per heavy atom. The largest absolute Gasteiger partial charge is 0.456 e. The van der Waals surface area contributed by atoms with E-state index < -0.39 is 47.5 Å². The Balaban J connectivity index is 1.70. The third-order valence-corrected chi connectivity index (χ3v) is 5.06. The predicted octanol–water partition coefficient (Wildman–Crippen LogP) is 3.79. The van der Waals surface area contributed by atoms with Crippen LogP contribution in [0.5, 0.6) is 0 Å². The molecule has 0 aliphatic carbocycles. The van der Waals surface area contributed by atoms with Crippen molar-refractivity contribution in [2.24, 2.45) is 0 Å². The van der Waals surface area contributed by atoms with E-state index in [9.17, 15) is 23.2 Å². The number of nitrogens with one attached hydrogen (secondary N) is 1. The monoisotopic (exact) mass is 429 g/mol. The number of thiophene rings is 1. The topological polar surface area (TPSA) is 72.5 Å². The number of carbonyl (C=O) groups is 3. The fraction of sp³-hybridized carbons (Fsp3) is 0.136. The summed E-state index contributed by atoms with van der Waals surface area (Å²) in [5.74, 6) is -3.89. The van der Waals surface area contributed by atoms with E-state index >= 15 is 0 Å². The highest BCUT2D eigenvalue weighted by molar-refractivity contribution is 7.12. The maximum atomic E-state index is 13.7. The summed E-state index contributed by atoms with van der Waals surface area (Å²) >= 11 is 1.21. The molecule has 1 heterocycles. The van der Waals surface area contributed by atoms with Crippen molar-refractivity contribution in [1.29, 1.82) is 0 Å². The van der Waals surface area contributed by atoms with Gasteiger partial charge < -0.3 is 10.1 Å². The van der Waals surface area contributed by atoms with Crippen LogP contribution in [0, 0.1) is 11.6 Å². The summed E-state index contributed by atoms with van der Waals surface area (Å²) < 4.78 is 32.0. The Labute approximate surface area is 175 Å². The van der Waals surface area contributed by atoms with Gasteiger partial charge in [-0.25, -0.2) is 13.6 Å². The van der Waals surface area contributed by atoms with E-state index in [-0.39, 0.29) is 6.42 Å². The molecular weight excluding hydrogens is 412 g/mol. The molecule has 0 aliphatic rings. The minimum absolute atomic E-state index is 0.138. The van der Waals surface area contributed by atoms with E-state index in [4.69, 9.17) is 4.74 Å². The Hall–Kier alpha value is -3.39. The van der Waals surface area contributed by atoms with Gasteiger partial charge in [0.15, 0.2) is 6.61 Å². The van der Waals surface area contributed by atoms with Gasteiger partial charge in [0.2, 0.25) is 5.78 Å². The lowest BCUT2D eigenvalue weighted by Crippen LogP contribution is -2.43. The highest BCUT2D eigenvalue weighted by Crippen LogP contribution is 2.13. The van der Waals surface area contributed by atoms with E-state index in [1.54, 1.807) is 41.8 Å². The molecule has 0 saturated heterocycles. The van der Waals surface area contributed by atoms with Crippen molar-refractivity contribution in [3.05, 3.63) is 93.7 Å². The first-order chi connectivity index (χ1) is 14.4. The van der Waals surface area contributed by atoms with Crippen molar-refractivity contribution < 1.29 is 27.9 Å². The summed E-state index contributed by atoms with van der Waals surface area (Å²) in [6.45, 7) is -0.778. The minimum Gasteiger partial charge on any atom is -0.456 e. The van der Waals surface area contributed by atoms with Crippen LogP contribution in [0.25, 0.3) is 0 Å². The molecule has 1 aromatic heterocycles. The second-order valence-electron chi connectivity index (χ2n) is 6.35. The van der Waals surface area contributed by atoms with Crippen LogP contribution in [0.15, 0.2) is 66.0 Å². The molecule has 2 aromatic carbocycles. The fourth-order valence-corrected chi connectivity index (χ4v) is 3.33. The SMILES string of the molecule is O=C(N[C@@H](Cc1ccccc1)C(=O)OCC(=O)c1cc(F)ccc1F)c1cccs1. The molecule has 0 bridgehead atoms. The number of hydrogen-bond donors (Lipinski definition) is 1. The first-order valence-electron chi connectivity index (χ1n) is 8.97. The van der Waals surface area contributed by atoms with Crippen LogP contribution >= 0.6 is 11.3 Å². The second kappa shape index (κ2) is 9.89. The third kappa shape index (κ3) is 5.57. The lowest BCUT2D eigenvalue weighted by atomic mass is 10.1. The Morgan fingerprint density at radius 3 is 2.47 bits per heavy atom. The van der Waals surface area contributed by atoms with Crippen molar-refractivity contribution in [2.45, 2.75) is 12.5 Å². The predicted molar refractivity (Wildman–Crippen MR) is 107 cm³/mol. The molecule has 0 aliphatic heterocycles. The first-order valence-corrected chi connectivity index (χ1v) is 9.85. The van der Waals surface area contributed by atoms with Gasteiger partial charge in [0, 0.05) is 6.42 Å². The maximum absolute atomic E-state index is 13.7. The first kappa shape index (κ1) is 21.3. The highest BCUT2D eigenvalue weighted by atomic mass is 32.1. The van der Waals surface area contributed by atoms with Gasteiger partial charge in [-0.05, 0) is 35.2 Å². The zero-order chi connectivity index (χ0) is 21.5. The van der Waals surface area contributed by atoms with E-state index in [2.05, 4.69) is 5.32 Å². The molecule has 154 valence electrons. The van der Waals surface area contributed by atoms with Crippen LogP contribution in [-0.4, -0.2) is 30.3 Å². The van der Waals surface area contributed by atoms with Crippen LogP contribution < -0.4 is 5.32 Å². The average molecular weight is 429 g/mol. The number of Topliss-reactive ketones (excluding diaryl/α,β-unsaturated/α-hetero) is 1. The molecule has 3 aromatic rings. The van der Waals surface area contributed by atoms with E-state index in [0.29, 0.717) is 4.88 Å². The molecule has 0 saturated carbocycles. The molecule has 0 unspecified atom stereocenters. The van der Waals surface area contributed by atoms with Gasteiger partial charge in [0.25, 0.3) is 5.91 Å². The van der Waals surface area contributed by atoms with Crippen LogP contribution in [0.4, 0.5) is 8.78 Å². The smallest absolute Gasteiger partial charge is 0.329 e. The van der Waals surface area contributed by atoms with Crippen molar-refractivity contribution in [2.75, 3.05) is 6.61 Å². The standard InChI is InChI=1S/C22H17F2NO4S/c23-15-8-9-17(24)16(12-15)19(26)13-29-22(28)18(11-14-5-2-1-3-6-14)25-21(27)20-7-4-10-30-20/h1-10,12,18H,11,13H2,(H,25,27)/t18-/m0/s1. The fourth-order valence-electron chi connectivity index (χ4n) is 2.71. The Bertz CT molecular complexity index is 1040. The highest BCUT2D eigenvalue weighted by Gasteiger charge is 2.25. The van der Waals surface area contributed by atoms with Gasteiger partial charge >= 0.3 is 5.97 Å². The van der Waals surface area contributed by atoms with E-state index in [1.807, 2.05) is 6.07 Å². The minimum atomic E-state index is -1.06. The lowest BCUT2D eigenvalue weighted by Gasteiger charge is -2.17. The summed E-state index contributed by atoms with van der Waals surface area (Å²) in [5, 5.41) is 4.33. The number of amides is 1. The van der Waals surface area contributed by atoms with Gasteiger partial charge in [0.05, 0.1) is 10.4 Å².